The fourth-order valence-electron chi connectivity index (χ4n) is 4.08. The predicted molar refractivity (Wildman–Crippen MR) is 103 cm³/mol. The van der Waals surface area contributed by atoms with Crippen molar-refractivity contribution in [3.05, 3.63) is 34.9 Å². The van der Waals surface area contributed by atoms with Crippen LogP contribution in [0.3, 0.4) is 0 Å². The lowest BCUT2D eigenvalue weighted by Gasteiger charge is -2.33. The third-order valence-corrected chi connectivity index (χ3v) is 5.65. The van der Waals surface area contributed by atoms with E-state index in [1.165, 1.54) is 0 Å². The van der Waals surface area contributed by atoms with Gasteiger partial charge in [0.2, 0.25) is 11.8 Å². The minimum Gasteiger partial charge on any atom is -0.345 e. The normalized spacial score (nSPS) is 23.3. The van der Waals surface area contributed by atoms with Gasteiger partial charge in [-0.05, 0) is 24.3 Å². The lowest BCUT2D eigenvalue weighted by atomic mass is 9.85. The summed E-state index contributed by atoms with van der Waals surface area (Å²) in [5.74, 6) is -0.0767. The minimum absolute atomic E-state index is 0.0627. The number of carbonyl (C=O) groups excluding carboxylic acids is 3. The van der Waals surface area contributed by atoms with Gasteiger partial charge in [-0.15, -0.1) is 0 Å². The quantitative estimate of drug-likeness (QED) is 0.775. The smallest absolute Gasteiger partial charge is 0.253 e. The Bertz CT molecular complexity index is 749. The van der Waals surface area contributed by atoms with Crippen molar-refractivity contribution in [2.75, 3.05) is 39.8 Å². The van der Waals surface area contributed by atoms with E-state index in [-0.39, 0.29) is 23.6 Å². The van der Waals surface area contributed by atoms with Crippen LogP contribution in [0.1, 0.15) is 30.6 Å². The van der Waals surface area contributed by atoms with E-state index in [0.29, 0.717) is 49.7 Å². The number of amides is 3. The van der Waals surface area contributed by atoms with Crippen LogP contribution in [0.2, 0.25) is 5.02 Å². The number of benzene rings is 1. The molecule has 27 heavy (non-hydrogen) atoms. The van der Waals surface area contributed by atoms with E-state index >= 15 is 0 Å². The first-order valence-corrected chi connectivity index (χ1v) is 9.66. The monoisotopic (exact) mass is 391 g/mol. The summed E-state index contributed by atoms with van der Waals surface area (Å²) in [6.45, 7) is 6.22. The summed E-state index contributed by atoms with van der Waals surface area (Å²) in [7, 11) is 1.78. The lowest BCUT2D eigenvalue weighted by Crippen LogP contribution is -2.45. The first kappa shape index (κ1) is 19.7. The molecule has 3 amide bonds. The lowest BCUT2D eigenvalue weighted by molar-refractivity contribution is -0.135. The maximum Gasteiger partial charge on any atom is 0.253 e. The molecule has 1 aromatic rings. The standard InChI is InChI=1S/C20H26ClN3O3/c1-14(2)18(26)23-8-9-24(19(27)15-4-6-16(21)7-5-15)13-20(12-23)10-17(25)22(3)11-20/h4-7,14H,8-13H2,1-3H3. The molecule has 0 saturated carbocycles. The van der Waals surface area contributed by atoms with Crippen molar-refractivity contribution in [3.8, 4) is 0 Å². The van der Waals surface area contributed by atoms with Gasteiger partial charge in [0.15, 0.2) is 0 Å². The van der Waals surface area contributed by atoms with E-state index in [0.717, 1.165) is 0 Å². The molecule has 1 unspecified atom stereocenters. The Hall–Kier alpha value is -2.08. The van der Waals surface area contributed by atoms with Crippen molar-refractivity contribution in [2.45, 2.75) is 20.3 Å². The first-order chi connectivity index (χ1) is 12.7. The van der Waals surface area contributed by atoms with E-state index < -0.39 is 5.41 Å². The van der Waals surface area contributed by atoms with Gasteiger partial charge in [0, 0.05) is 68.1 Å². The van der Waals surface area contributed by atoms with Crippen LogP contribution >= 0.6 is 11.6 Å². The molecule has 7 heteroatoms. The fraction of sp³-hybridized carbons (Fsp3) is 0.550. The number of hydrogen-bond donors (Lipinski definition) is 0. The molecule has 2 heterocycles. The molecule has 1 aromatic carbocycles. The van der Waals surface area contributed by atoms with Gasteiger partial charge in [-0.2, -0.15) is 0 Å². The van der Waals surface area contributed by atoms with E-state index in [2.05, 4.69) is 0 Å². The number of rotatable bonds is 2. The summed E-state index contributed by atoms with van der Waals surface area (Å²) < 4.78 is 0. The average Bonchev–Trinajstić information content (AvgIpc) is 2.79. The van der Waals surface area contributed by atoms with Crippen LogP contribution in [-0.4, -0.2) is 72.2 Å². The van der Waals surface area contributed by atoms with Gasteiger partial charge in [0.05, 0.1) is 0 Å². The van der Waals surface area contributed by atoms with Crippen molar-refractivity contribution < 1.29 is 14.4 Å². The van der Waals surface area contributed by atoms with E-state index in [9.17, 15) is 14.4 Å². The zero-order valence-electron chi connectivity index (χ0n) is 16.1. The van der Waals surface area contributed by atoms with Crippen molar-refractivity contribution in [1.29, 1.82) is 0 Å². The summed E-state index contributed by atoms with van der Waals surface area (Å²) in [5.41, 5.74) is 0.144. The number of halogens is 1. The van der Waals surface area contributed by atoms with Crippen molar-refractivity contribution in [2.24, 2.45) is 11.3 Å². The second kappa shape index (κ2) is 7.50. The second-order valence-corrected chi connectivity index (χ2v) is 8.51. The van der Waals surface area contributed by atoms with Gasteiger partial charge in [0.1, 0.15) is 0 Å². The van der Waals surface area contributed by atoms with Crippen LogP contribution < -0.4 is 0 Å². The molecule has 3 rings (SSSR count). The third-order valence-electron chi connectivity index (χ3n) is 5.40. The van der Waals surface area contributed by atoms with E-state index in [4.69, 9.17) is 11.6 Å². The molecular weight excluding hydrogens is 366 g/mol. The zero-order valence-corrected chi connectivity index (χ0v) is 16.8. The Labute approximate surface area is 165 Å². The topological polar surface area (TPSA) is 60.9 Å². The van der Waals surface area contributed by atoms with Crippen LogP contribution in [0.15, 0.2) is 24.3 Å². The summed E-state index contributed by atoms with van der Waals surface area (Å²) in [6.07, 6.45) is 0.357. The molecule has 0 N–H and O–H groups in total. The van der Waals surface area contributed by atoms with Gasteiger partial charge < -0.3 is 14.7 Å². The fourth-order valence-corrected chi connectivity index (χ4v) is 4.20. The predicted octanol–water partition coefficient (Wildman–Crippen LogP) is 2.13. The molecule has 0 aliphatic carbocycles. The third kappa shape index (κ3) is 4.10. The SMILES string of the molecule is CC(C)C(=O)N1CCN(C(=O)c2ccc(Cl)cc2)CC2(CC(=O)N(C)C2)C1. The molecule has 2 aliphatic rings. The second-order valence-electron chi connectivity index (χ2n) is 8.07. The first-order valence-electron chi connectivity index (χ1n) is 9.28. The molecule has 2 aliphatic heterocycles. The summed E-state index contributed by atoms with van der Waals surface area (Å²) in [6, 6.07) is 6.82. The van der Waals surface area contributed by atoms with Crippen LogP contribution in [0.5, 0.6) is 0 Å². The van der Waals surface area contributed by atoms with Gasteiger partial charge in [0.25, 0.3) is 5.91 Å². The molecule has 2 fully saturated rings. The van der Waals surface area contributed by atoms with Gasteiger partial charge in [-0.3, -0.25) is 14.4 Å². The van der Waals surface area contributed by atoms with E-state index in [1.54, 1.807) is 41.1 Å². The number of nitrogens with zero attached hydrogens (tertiary/aromatic N) is 3. The van der Waals surface area contributed by atoms with Gasteiger partial charge in [-0.25, -0.2) is 0 Å². The molecule has 1 spiro atoms. The maximum absolute atomic E-state index is 13.1. The molecule has 146 valence electrons. The molecule has 6 nitrogen and oxygen atoms in total. The zero-order chi connectivity index (χ0) is 19.8. The molecule has 2 saturated heterocycles. The maximum atomic E-state index is 13.1. The minimum atomic E-state index is -0.422. The Kier molecular flexibility index (Phi) is 5.47. The summed E-state index contributed by atoms with van der Waals surface area (Å²) in [4.78, 5) is 43.3. The molecular formula is C20H26ClN3O3. The van der Waals surface area contributed by atoms with Crippen molar-refractivity contribution >= 4 is 29.3 Å². The highest BCUT2D eigenvalue weighted by Crippen LogP contribution is 2.35. The summed E-state index contributed by atoms with van der Waals surface area (Å²) in [5, 5.41) is 0.579. The van der Waals surface area contributed by atoms with Gasteiger partial charge >= 0.3 is 0 Å². The summed E-state index contributed by atoms with van der Waals surface area (Å²) >= 11 is 5.93. The highest BCUT2D eigenvalue weighted by Gasteiger charge is 2.47. The van der Waals surface area contributed by atoms with Crippen LogP contribution in [0, 0.1) is 11.3 Å². The van der Waals surface area contributed by atoms with Crippen molar-refractivity contribution in [3.63, 3.8) is 0 Å². The Morgan fingerprint density at radius 2 is 1.63 bits per heavy atom. The number of hydrogen-bond acceptors (Lipinski definition) is 3. The highest BCUT2D eigenvalue weighted by molar-refractivity contribution is 6.30. The Morgan fingerprint density at radius 1 is 1.04 bits per heavy atom. The van der Waals surface area contributed by atoms with Crippen molar-refractivity contribution in [1.82, 2.24) is 14.7 Å². The molecule has 0 radical (unpaired) electrons. The largest absolute Gasteiger partial charge is 0.345 e. The van der Waals surface area contributed by atoms with Crippen LogP contribution in [0.4, 0.5) is 0 Å². The molecule has 0 bridgehead atoms. The Morgan fingerprint density at radius 3 is 2.19 bits per heavy atom. The number of likely N-dealkylation sites (tertiary alicyclic amines) is 1. The van der Waals surface area contributed by atoms with Crippen LogP contribution in [-0.2, 0) is 9.59 Å². The Balaban J connectivity index is 1.88. The number of carbonyl (C=O) groups is 3. The van der Waals surface area contributed by atoms with Crippen LogP contribution in [0.25, 0.3) is 0 Å². The molecule has 1 atom stereocenters. The highest BCUT2D eigenvalue weighted by atomic mass is 35.5. The average molecular weight is 392 g/mol. The van der Waals surface area contributed by atoms with Gasteiger partial charge in [-0.1, -0.05) is 25.4 Å². The van der Waals surface area contributed by atoms with E-state index in [1.807, 2.05) is 18.7 Å². The molecule has 0 aromatic heterocycles.